The topological polar surface area (TPSA) is 52.6 Å². The van der Waals surface area contributed by atoms with E-state index in [0.717, 1.165) is 16.8 Å². The molecule has 0 aliphatic rings. The molecular formula is C14H22N2O2. The van der Waals surface area contributed by atoms with Crippen LogP contribution < -0.4 is 5.32 Å². The van der Waals surface area contributed by atoms with Crippen LogP contribution in [-0.2, 0) is 0 Å². The molecule has 0 spiro atoms. The highest BCUT2D eigenvalue weighted by Gasteiger charge is 2.19. The van der Waals surface area contributed by atoms with Gasteiger partial charge in [-0.3, -0.25) is 0 Å². The van der Waals surface area contributed by atoms with Crippen molar-refractivity contribution < 1.29 is 9.90 Å². The van der Waals surface area contributed by atoms with E-state index in [-0.39, 0.29) is 12.6 Å². The number of carbonyl (C=O) groups excluding carboxylic acids is 1. The molecule has 0 aliphatic carbocycles. The average molecular weight is 250 g/mol. The Morgan fingerprint density at radius 2 is 2.00 bits per heavy atom. The Hall–Kier alpha value is -1.55. The summed E-state index contributed by atoms with van der Waals surface area (Å²) in [5.74, 6) is 0. The van der Waals surface area contributed by atoms with Gasteiger partial charge in [-0.25, -0.2) is 4.79 Å². The number of nitrogens with zero attached hydrogens (tertiary/aromatic N) is 1. The van der Waals surface area contributed by atoms with Crippen LogP contribution >= 0.6 is 0 Å². The van der Waals surface area contributed by atoms with Crippen LogP contribution in [0.2, 0.25) is 0 Å². The van der Waals surface area contributed by atoms with E-state index >= 15 is 0 Å². The minimum Gasteiger partial charge on any atom is -0.389 e. The molecule has 2 N–H and O–H groups in total. The summed E-state index contributed by atoms with van der Waals surface area (Å²) in [5, 5.41) is 12.5. The molecule has 0 atom stereocenters. The van der Waals surface area contributed by atoms with Gasteiger partial charge in [0.15, 0.2) is 0 Å². The Labute approximate surface area is 109 Å². The number of aryl methyl sites for hydroxylation is 2. The van der Waals surface area contributed by atoms with E-state index < -0.39 is 5.60 Å². The fourth-order valence-electron chi connectivity index (χ4n) is 1.82. The summed E-state index contributed by atoms with van der Waals surface area (Å²) in [7, 11) is 1.66. The monoisotopic (exact) mass is 250 g/mol. The van der Waals surface area contributed by atoms with Crippen LogP contribution in [0.4, 0.5) is 10.5 Å². The Bertz CT molecular complexity index is 436. The fraction of sp³-hybridized carbons (Fsp3) is 0.500. The normalized spacial score (nSPS) is 11.2. The number of urea groups is 1. The van der Waals surface area contributed by atoms with E-state index in [9.17, 15) is 9.90 Å². The summed E-state index contributed by atoms with van der Waals surface area (Å²) < 4.78 is 0. The molecule has 4 heteroatoms. The van der Waals surface area contributed by atoms with Crippen LogP contribution in [-0.4, -0.2) is 35.2 Å². The SMILES string of the molecule is Cc1ccc(NC(=O)N(C)CC(C)(C)O)c(C)c1. The van der Waals surface area contributed by atoms with Gasteiger partial charge in [-0.15, -0.1) is 0 Å². The molecule has 0 radical (unpaired) electrons. The molecule has 100 valence electrons. The second kappa shape index (κ2) is 5.40. The van der Waals surface area contributed by atoms with Gasteiger partial charge < -0.3 is 15.3 Å². The van der Waals surface area contributed by atoms with Crippen LogP contribution in [0.1, 0.15) is 25.0 Å². The van der Waals surface area contributed by atoms with Crippen molar-refractivity contribution in [2.45, 2.75) is 33.3 Å². The standard InChI is InChI=1S/C14H22N2O2/c1-10-6-7-12(11(2)8-10)15-13(17)16(5)9-14(3,4)18/h6-8,18H,9H2,1-5H3,(H,15,17). The minimum absolute atomic E-state index is 0.218. The molecule has 2 amide bonds. The number of likely N-dealkylation sites (N-methyl/N-ethyl adjacent to an activating group) is 1. The van der Waals surface area contributed by atoms with Gasteiger partial charge in [-0.05, 0) is 39.3 Å². The van der Waals surface area contributed by atoms with Crippen LogP contribution in [0.3, 0.4) is 0 Å². The third kappa shape index (κ3) is 4.37. The number of aliphatic hydroxyl groups is 1. The lowest BCUT2D eigenvalue weighted by Gasteiger charge is -2.26. The van der Waals surface area contributed by atoms with Crippen molar-refractivity contribution in [2.24, 2.45) is 0 Å². The molecule has 0 fully saturated rings. The molecular weight excluding hydrogens is 228 g/mol. The fourth-order valence-corrected chi connectivity index (χ4v) is 1.82. The number of carbonyl (C=O) groups is 1. The molecule has 0 aromatic heterocycles. The molecule has 1 aromatic carbocycles. The summed E-state index contributed by atoms with van der Waals surface area (Å²) in [6.45, 7) is 7.60. The lowest BCUT2D eigenvalue weighted by Crippen LogP contribution is -2.41. The predicted molar refractivity (Wildman–Crippen MR) is 73.9 cm³/mol. The van der Waals surface area contributed by atoms with E-state index in [4.69, 9.17) is 0 Å². The molecule has 0 bridgehead atoms. The maximum atomic E-state index is 11.9. The number of anilines is 1. The van der Waals surface area contributed by atoms with Crippen LogP contribution in [0.15, 0.2) is 18.2 Å². The molecule has 0 saturated carbocycles. The zero-order valence-electron chi connectivity index (χ0n) is 11.7. The largest absolute Gasteiger partial charge is 0.389 e. The minimum atomic E-state index is -0.894. The maximum Gasteiger partial charge on any atom is 0.321 e. The number of amides is 2. The van der Waals surface area contributed by atoms with Gasteiger partial charge in [0.05, 0.1) is 12.1 Å². The quantitative estimate of drug-likeness (QED) is 0.866. The van der Waals surface area contributed by atoms with Gasteiger partial charge in [-0.2, -0.15) is 0 Å². The molecule has 0 saturated heterocycles. The van der Waals surface area contributed by atoms with Crippen LogP contribution in [0.25, 0.3) is 0 Å². The first-order valence-electron chi connectivity index (χ1n) is 6.01. The lowest BCUT2D eigenvalue weighted by atomic mass is 10.1. The van der Waals surface area contributed by atoms with E-state index in [1.54, 1.807) is 20.9 Å². The van der Waals surface area contributed by atoms with E-state index in [0.29, 0.717) is 0 Å². The van der Waals surface area contributed by atoms with Crippen LogP contribution in [0, 0.1) is 13.8 Å². The molecule has 1 rings (SSSR count). The molecule has 4 nitrogen and oxygen atoms in total. The Morgan fingerprint density at radius 1 is 1.39 bits per heavy atom. The number of nitrogens with one attached hydrogen (secondary N) is 1. The molecule has 0 aliphatic heterocycles. The smallest absolute Gasteiger partial charge is 0.321 e. The van der Waals surface area contributed by atoms with Crippen molar-refractivity contribution in [2.75, 3.05) is 18.9 Å². The zero-order valence-corrected chi connectivity index (χ0v) is 11.7. The number of hydrogen-bond donors (Lipinski definition) is 2. The first kappa shape index (κ1) is 14.5. The van der Waals surface area contributed by atoms with Gasteiger partial charge in [0.2, 0.25) is 0 Å². The first-order chi connectivity index (χ1) is 8.19. The summed E-state index contributed by atoms with van der Waals surface area (Å²) in [6.07, 6.45) is 0. The molecule has 18 heavy (non-hydrogen) atoms. The lowest BCUT2D eigenvalue weighted by molar-refractivity contribution is 0.0550. The number of hydrogen-bond acceptors (Lipinski definition) is 2. The van der Waals surface area contributed by atoms with E-state index in [2.05, 4.69) is 5.32 Å². The summed E-state index contributed by atoms with van der Waals surface area (Å²) in [5.41, 5.74) is 2.09. The van der Waals surface area contributed by atoms with E-state index in [1.165, 1.54) is 4.90 Å². The highest BCUT2D eigenvalue weighted by atomic mass is 16.3. The summed E-state index contributed by atoms with van der Waals surface area (Å²) in [6, 6.07) is 5.65. The molecule has 1 aromatic rings. The number of rotatable bonds is 3. The maximum absolute atomic E-state index is 11.9. The van der Waals surface area contributed by atoms with Gasteiger partial charge in [0.1, 0.15) is 0 Å². The number of benzene rings is 1. The zero-order chi connectivity index (χ0) is 13.9. The van der Waals surface area contributed by atoms with Gasteiger partial charge in [0.25, 0.3) is 0 Å². The highest BCUT2D eigenvalue weighted by Crippen LogP contribution is 2.16. The summed E-state index contributed by atoms with van der Waals surface area (Å²) in [4.78, 5) is 13.4. The van der Waals surface area contributed by atoms with Crippen molar-refractivity contribution in [3.8, 4) is 0 Å². The van der Waals surface area contributed by atoms with Gasteiger partial charge in [0, 0.05) is 12.7 Å². The van der Waals surface area contributed by atoms with Crippen molar-refractivity contribution in [1.82, 2.24) is 4.90 Å². The van der Waals surface area contributed by atoms with Crippen molar-refractivity contribution in [1.29, 1.82) is 0 Å². The Balaban J connectivity index is 2.70. The van der Waals surface area contributed by atoms with Crippen molar-refractivity contribution in [3.63, 3.8) is 0 Å². The van der Waals surface area contributed by atoms with Gasteiger partial charge in [-0.1, -0.05) is 17.7 Å². The average Bonchev–Trinajstić information content (AvgIpc) is 2.19. The second-order valence-electron chi connectivity index (χ2n) is 5.42. The van der Waals surface area contributed by atoms with E-state index in [1.807, 2.05) is 32.0 Å². The third-order valence-corrected chi connectivity index (χ3v) is 2.59. The molecule has 0 unspecified atom stereocenters. The summed E-state index contributed by atoms with van der Waals surface area (Å²) >= 11 is 0. The Morgan fingerprint density at radius 3 is 2.50 bits per heavy atom. The molecule has 0 heterocycles. The van der Waals surface area contributed by atoms with Gasteiger partial charge >= 0.3 is 6.03 Å². The predicted octanol–water partition coefficient (Wildman–Crippen LogP) is 2.54. The third-order valence-electron chi connectivity index (χ3n) is 2.59. The van der Waals surface area contributed by atoms with Crippen molar-refractivity contribution >= 4 is 11.7 Å². The second-order valence-corrected chi connectivity index (χ2v) is 5.42. The van der Waals surface area contributed by atoms with Crippen LogP contribution in [0.5, 0.6) is 0 Å². The first-order valence-corrected chi connectivity index (χ1v) is 6.01. The Kier molecular flexibility index (Phi) is 4.35. The van der Waals surface area contributed by atoms with Crippen molar-refractivity contribution in [3.05, 3.63) is 29.3 Å². The highest BCUT2D eigenvalue weighted by molar-refractivity contribution is 5.90.